The molecular weight excluding hydrogens is 550 g/mol. The smallest absolute Gasteiger partial charge is 0.380 e. The van der Waals surface area contributed by atoms with Gasteiger partial charge >= 0.3 is 12.4 Å². The summed E-state index contributed by atoms with van der Waals surface area (Å²) >= 11 is 39.3. The molecule has 0 saturated carbocycles. The van der Waals surface area contributed by atoms with E-state index in [2.05, 4.69) is 0 Å². The molecule has 0 aliphatic carbocycles. The van der Waals surface area contributed by atoms with Gasteiger partial charge in [-0.15, -0.1) is 0 Å². The van der Waals surface area contributed by atoms with Crippen molar-refractivity contribution in [3.8, 4) is 5.75 Å². The van der Waals surface area contributed by atoms with Gasteiger partial charge in [-0.2, -0.15) is 0 Å². The normalized spacial score (nSPS) is 10.9. The van der Waals surface area contributed by atoms with Gasteiger partial charge in [0.15, 0.2) is 5.75 Å². The number of nitrogens with zero attached hydrogens (tertiary/aromatic N) is 1. The maximum atomic E-state index is 10.5. The Morgan fingerprint density at radius 2 is 1.31 bits per heavy atom. The first-order chi connectivity index (χ1) is 13.4. The van der Waals surface area contributed by atoms with E-state index in [1.54, 1.807) is 12.1 Å². The van der Waals surface area contributed by atoms with Crippen LogP contribution in [0.25, 0.3) is 0 Å². The van der Waals surface area contributed by atoms with Crippen molar-refractivity contribution in [1.82, 2.24) is 0 Å². The number of nitro benzene ring substituents is 1. The lowest BCUT2D eigenvalue weighted by atomic mass is 10.2. The molecule has 6 nitrogen and oxygen atoms in total. The molecule has 0 unspecified atom stereocenters. The third-order valence-corrected chi connectivity index (χ3v) is 7.60. The molecule has 0 atom stereocenters. The number of hydrogen-bond acceptors (Lipinski definition) is 6. The Morgan fingerprint density at radius 1 is 0.897 bits per heavy atom. The second kappa shape index (κ2) is 11.5. The van der Waals surface area contributed by atoms with Crippen LogP contribution in [0.2, 0.25) is 30.1 Å². The van der Waals surface area contributed by atoms with Gasteiger partial charge in [0.05, 0.1) is 25.0 Å². The SMILES string of the molecule is COP(=S)(OC)Oc1c(Cl)cc(C)cc1Cl.O=[N+]([O-])c1c(Cl)c(Cl)cc(Cl)c1Cl. The Morgan fingerprint density at radius 3 is 1.66 bits per heavy atom. The first-order valence-electron chi connectivity index (χ1n) is 7.21. The summed E-state index contributed by atoms with van der Waals surface area (Å²) in [6.45, 7) is -0.928. The molecule has 14 heteroatoms. The Kier molecular flexibility index (Phi) is 10.7. The van der Waals surface area contributed by atoms with Crippen LogP contribution in [0.3, 0.4) is 0 Å². The van der Waals surface area contributed by atoms with E-state index in [9.17, 15) is 10.1 Å². The van der Waals surface area contributed by atoms with E-state index in [0.717, 1.165) is 5.56 Å². The molecule has 0 heterocycles. The molecule has 0 radical (unpaired) electrons. The fraction of sp³-hybridized carbons (Fsp3) is 0.200. The number of nitro groups is 1. The zero-order valence-electron chi connectivity index (χ0n) is 14.8. The summed E-state index contributed by atoms with van der Waals surface area (Å²) in [6.07, 6.45) is 0. The number of benzene rings is 2. The van der Waals surface area contributed by atoms with E-state index < -0.39 is 17.3 Å². The van der Waals surface area contributed by atoms with Crippen molar-refractivity contribution >= 4 is 93.8 Å². The van der Waals surface area contributed by atoms with Gasteiger partial charge in [0.2, 0.25) is 0 Å². The van der Waals surface area contributed by atoms with Crippen molar-refractivity contribution in [2.24, 2.45) is 0 Å². The van der Waals surface area contributed by atoms with Crippen molar-refractivity contribution < 1.29 is 18.5 Å². The maximum absolute atomic E-state index is 10.5. The molecule has 0 bridgehead atoms. The third-order valence-electron chi connectivity index (χ3n) is 3.06. The quantitative estimate of drug-likeness (QED) is 0.158. The summed E-state index contributed by atoms with van der Waals surface area (Å²) < 4.78 is 15.4. The van der Waals surface area contributed by atoms with Crippen LogP contribution in [0.15, 0.2) is 18.2 Å². The van der Waals surface area contributed by atoms with E-state index in [4.69, 9.17) is 95.0 Å². The number of hydrogen-bond donors (Lipinski definition) is 0. The molecule has 29 heavy (non-hydrogen) atoms. The van der Waals surface area contributed by atoms with Crippen LogP contribution < -0.4 is 4.52 Å². The van der Waals surface area contributed by atoms with Crippen LogP contribution in [-0.4, -0.2) is 19.1 Å². The predicted octanol–water partition coefficient (Wildman–Crippen LogP) is 8.41. The summed E-state index contributed by atoms with van der Waals surface area (Å²) in [5.41, 5.74) is 0.464. The van der Waals surface area contributed by atoms with Gasteiger partial charge in [-0.1, -0.05) is 69.6 Å². The maximum Gasteiger partial charge on any atom is 0.380 e. The summed E-state index contributed by atoms with van der Waals surface area (Å²) in [5, 5.41) is 10.8. The standard InChI is InChI=1S/C9H11Cl2O3PS.C6HCl4NO2/c1-6-4-7(10)9(8(11)5-6)14-15(16,12-2)13-3;7-2-1-3(8)5(10)6(4(2)9)11(12)13/h4-5H,1-3H3;1H. The molecule has 0 saturated heterocycles. The largest absolute Gasteiger partial charge is 0.421 e. The van der Waals surface area contributed by atoms with Crippen LogP contribution in [-0.2, 0) is 20.9 Å². The molecule has 0 amide bonds. The van der Waals surface area contributed by atoms with Gasteiger partial charge in [0.1, 0.15) is 10.0 Å². The van der Waals surface area contributed by atoms with Gasteiger partial charge in [0.25, 0.3) is 0 Å². The molecule has 0 aromatic heterocycles. The van der Waals surface area contributed by atoms with Crippen LogP contribution in [0.4, 0.5) is 5.69 Å². The number of aryl methyl sites for hydroxylation is 1. The molecule has 2 aromatic carbocycles. The summed E-state index contributed by atoms with van der Waals surface area (Å²) in [6, 6.07) is 4.71. The molecule has 0 fully saturated rings. The summed E-state index contributed by atoms with van der Waals surface area (Å²) in [4.78, 5) is 9.73. The minimum atomic E-state index is -2.81. The minimum Gasteiger partial charge on any atom is -0.421 e. The molecular formula is C15H12Cl6NO5PS. The Labute approximate surface area is 202 Å². The summed E-state index contributed by atoms with van der Waals surface area (Å²) in [5.74, 6) is 0.293. The molecule has 0 N–H and O–H groups in total. The highest BCUT2D eigenvalue weighted by Gasteiger charge is 2.23. The van der Waals surface area contributed by atoms with Crippen LogP contribution in [0.5, 0.6) is 5.75 Å². The molecule has 2 aromatic rings. The topological polar surface area (TPSA) is 70.8 Å². The van der Waals surface area contributed by atoms with Crippen LogP contribution >= 0.6 is 76.3 Å². The lowest BCUT2D eigenvalue weighted by Gasteiger charge is -2.19. The highest BCUT2D eigenvalue weighted by atomic mass is 35.5. The van der Waals surface area contributed by atoms with E-state index >= 15 is 0 Å². The van der Waals surface area contributed by atoms with Gasteiger partial charge < -0.3 is 13.6 Å². The first-order valence-corrected chi connectivity index (χ1v) is 12.0. The second-order valence-electron chi connectivity index (χ2n) is 5.04. The average Bonchev–Trinajstić information content (AvgIpc) is 2.63. The molecule has 0 aliphatic rings. The fourth-order valence-electron chi connectivity index (χ4n) is 1.76. The van der Waals surface area contributed by atoms with E-state index in [1.807, 2.05) is 6.92 Å². The monoisotopic (exact) mass is 559 g/mol. The Bertz CT molecular complexity index is 919. The highest BCUT2D eigenvalue weighted by Crippen LogP contribution is 2.51. The average molecular weight is 562 g/mol. The van der Waals surface area contributed by atoms with Gasteiger partial charge in [-0.25, -0.2) is 0 Å². The Hall–Kier alpha value is -0.0500. The third kappa shape index (κ3) is 7.25. The number of halogens is 6. The van der Waals surface area contributed by atoms with E-state index in [1.165, 1.54) is 20.3 Å². The van der Waals surface area contributed by atoms with Crippen molar-refractivity contribution in [1.29, 1.82) is 0 Å². The number of rotatable bonds is 5. The predicted molar refractivity (Wildman–Crippen MR) is 123 cm³/mol. The van der Waals surface area contributed by atoms with E-state index in [-0.39, 0.29) is 20.1 Å². The van der Waals surface area contributed by atoms with Crippen molar-refractivity contribution in [2.75, 3.05) is 14.2 Å². The van der Waals surface area contributed by atoms with Crippen molar-refractivity contribution in [3.63, 3.8) is 0 Å². The van der Waals surface area contributed by atoms with Crippen molar-refractivity contribution in [3.05, 3.63) is 64.0 Å². The summed E-state index contributed by atoms with van der Waals surface area (Å²) in [7, 11) is 2.83. The fourth-order valence-corrected chi connectivity index (χ4v) is 4.42. The van der Waals surface area contributed by atoms with Gasteiger partial charge in [-0.3, -0.25) is 10.1 Å². The van der Waals surface area contributed by atoms with Gasteiger partial charge in [-0.05, 0) is 30.7 Å². The lowest BCUT2D eigenvalue weighted by molar-refractivity contribution is -0.384. The molecule has 2 rings (SSSR count). The van der Waals surface area contributed by atoms with E-state index in [0.29, 0.717) is 15.8 Å². The molecule has 0 spiro atoms. The zero-order valence-corrected chi connectivity index (χ0v) is 21.1. The first kappa shape index (κ1) is 27.0. The Balaban J connectivity index is 0.000000296. The van der Waals surface area contributed by atoms with Crippen molar-refractivity contribution in [2.45, 2.75) is 6.92 Å². The highest BCUT2D eigenvalue weighted by molar-refractivity contribution is 8.07. The zero-order chi connectivity index (χ0) is 22.5. The van der Waals surface area contributed by atoms with Crippen LogP contribution in [0.1, 0.15) is 5.56 Å². The minimum absolute atomic E-state index is 0.00256. The lowest BCUT2D eigenvalue weighted by Crippen LogP contribution is -1.98. The van der Waals surface area contributed by atoms with Gasteiger partial charge in [0, 0.05) is 26.0 Å². The molecule has 160 valence electrons. The molecule has 0 aliphatic heterocycles. The second-order valence-corrected chi connectivity index (χ2v) is 10.6. The van der Waals surface area contributed by atoms with Crippen LogP contribution in [0, 0.1) is 17.0 Å².